The maximum Gasteiger partial charge on any atom is 0.436 e. The Bertz CT molecular complexity index is 650. The second-order valence-corrected chi connectivity index (χ2v) is 8.19. The van der Waals surface area contributed by atoms with Gasteiger partial charge < -0.3 is 23.8 Å². The highest BCUT2D eigenvalue weighted by Gasteiger charge is 2.48. The van der Waals surface area contributed by atoms with E-state index in [9.17, 15) is 4.79 Å². The molecule has 2 aliphatic carbocycles. The van der Waals surface area contributed by atoms with Crippen molar-refractivity contribution in [1.29, 1.82) is 0 Å². The molecule has 9 heteroatoms. The van der Waals surface area contributed by atoms with Gasteiger partial charge in [-0.05, 0) is 32.6 Å². The summed E-state index contributed by atoms with van der Waals surface area (Å²) in [4.78, 5) is 19.5. The van der Waals surface area contributed by atoms with E-state index in [1.807, 2.05) is 0 Å². The number of ether oxygens (including phenoxy) is 4. The van der Waals surface area contributed by atoms with E-state index in [4.69, 9.17) is 23.9 Å². The second kappa shape index (κ2) is 9.76. The van der Waals surface area contributed by atoms with Gasteiger partial charge in [-0.15, -0.1) is 0 Å². The van der Waals surface area contributed by atoms with E-state index in [0.717, 1.165) is 63.1 Å². The molecule has 30 heavy (non-hydrogen) atoms. The summed E-state index contributed by atoms with van der Waals surface area (Å²) in [5.41, 5.74) is 0. The Morgan fingerprint density at radius 2 is 1.73 bits per heavy atom. The van der Waals surface area contributed by atoms with Crippen LogP contribution in [0.2, 0.25) is 0 Å². The average molecular weight is 423 g/mol. The van der Waals surface area contributed by atoms with E-state index >= 15 is 0 Å². The fourth-order valence-corrected chi connectivity index (χ4v) is 4.37. The summed E-state index contributed by atoms with van der Waals surface area (Å²) in [7, 11) is 0. The topological polar surface area (TPSA) is 93.7 Å². The van der Waals surface area contributed by atoms with Crippen LogP contribution in [0, 0.1) is 0 Å². The first-order valence-electron chi connectivity index (χ1n) is 11.4. The maximum absolute atomic E-state index is 12.3. The standard InChI is InChI=1S/C21H34N4O5/c1-2-28-20(26)24-21(29-17-10-6-7-11-18(17)30-21)23-19(25-12-14-27-15-13-25)22-16-8-4-3-5-9-16/h16H,2-15H2,1H3,(H,22,23)(H,24,26). The Morgan fingerprint density at radius 1 is 1.07 bits per heavy atom. The van der Waals surface area contributed by atoms with Crippen molar-refractivity contribution < 1.29 is 23.7 Å². The van der Waals surface area contributed by atoms with E-state index in [1.165, 1.54) is 19.3 Å². The molecular formula is C21H34N4O5. The Labute approximate surface area is 178 Å². The number of hydrogen-bond donors (Lipinski definition) is 2. The number of hydrogen-bond acceptors (Lipinski definition) is 6. The monoisotopic (exact) mass is 422 g/mol. The molecule has 0 aromatic carbocycles. The number of nitrogens with zero attached hydrogens (tertiary/aromatic N) is 2. The quantitative estimate of drug-likeness (QED) is 0.409. The molecule has 2 N–H and O–H groups in total. The minimum absolute atomic E-state index is 0.257. The van der Waals surface area contributed by atoms with E-state index in [2.05, 4.69) is 15.5 Å². The van der Waals surface area contributed by atoms with Crippen LogP contribution in [0.5, 0.6) is 0 Å². The molecule has 0 aromatic heterocycles. The van der Waals surface area contributed by atoms with Crippen LogP contribution in [0.4, 0.5) is 4.79 Å². The lowest BCUT2D eigenvalue weighted by Crippen LogP contribution is -2.65. The van der Waals surface area contributed by atoms with Gasteiger partial charge in [-0.25, -0.2) is 15.1 Å². The van der Waals surface area contributed by atoms with Gasteiger partial charge in [-0.1, -0.05) is 19.3 Å². The molecule has 2 aliphatic heterocycles. The van der Waals surface area contributed by atoms with Crippen molar-refractivity contribution in [3.05, 3.63) is 11.5 Å². The molecule has 2 heterocycles. The largest absolute Gasteiger partial charge is 0.450 e. The van der Waals surface area contributed by atoms with E-state index in [0.29, 0.717) is 19.2 Å². The summed E-state index contributed by atoms with van der Waals surface area (Å²) in [5, 5.41) is 6.07. The van der Waals surface area contributed by atoms with Crippen LogP contribution < -0.4 is 10.6 Å². The molecule has 1 amide bonds. The van der Waals surface area contributed by atoms with Crippen molar-refractivity contribution in [2.45, 2.75) is 76.8 Å². The van der Waals surface area contributed by atoms with Gasteiger partial charge in [-0.2, -0.15) is 0 Å². The highest BCUT2D eigenvalue weighted by atomic mass is 16.8. The minimum atomic E-state index is -1.53. The normalized spacial score (nSPS) is 24.6. The molecule has 2 fully saturated rings. The van der Waals surface area contributed by atoms with E-state index in [1.54, 1.807) is 6.92 Å². The first kappa shape index (κ1) is 21.1. The molecule has 9 nitrogen and oxygen atoms in total. The maximum atomic E-state index is 12.3. The molecule has 1 saturated carbocycles. The van der Waals surface area contributed by atoms with Gasteiger partial charge in [0, 0.05) is 25.9 Å². The zero-order valence-corrected chi connectivity index (χ0v) is 17.9. The highest BCUT2D eigenvalue weighted by Crippen LogP contribution is 2.37. The molecule has 0 unspecified atom stereocenters. The van der Waals surface area contributed by atoms with Crippen LogP contribution >= 0.6 is 0 Å². The molecule has 1 saturated heterocycles. The van der Waals surface area contributed by atoms with Gasteiger partial charge >= 0.3 is 12.1 Å². The number of nitrogens with one attached hydrogen (secondary N) is 2. The van der Waals surface area contributed by atoms with Gasteiger partial charge in [0.15, 0.2) is 0 Å². The van der Waals surface area contributed by atoms with E-state index in [-0.39, 0.29) is 12.6 Å². The number of amides is 1. The highest BCUT2D eigenvalue weighted by molar-refractivity contribution is 5.81. The molecule has 4 aliphatic rings. The summed E-state index contributed by atoms with van der Waals surface area (Å²) in [6, 6.07) is -1.28. The zero-order valence-electron chi connectivity index (χ0n) is 17.9. The van der Waals surface area contributed by atoms with Crippen molar-refractivity contribution in [3.63, 3.8) is 0 Å². The van der Waals surface area contributed by atoms with Crippen LogP contribution in [-0.2, 0) is 18.9 Å². The first-order chi connectivity index (χ1) is 14.7. The number of carbonyl (C=O) groups excluding carboxylic acids is 1. The molecule has 0 bridgehead atoms. The third-order valence-corrected chi connectivity index (χ3v) is 5.91. The van der Waals surface area contributed by atoms with Gasteiger partial charge in [0.25, 0.3) is 0 Å². The molecule has 0 atom stereocenters. The number of aliphatic imine (C=N–C) groups is 1. The lowest BCUT2D eigenvalue weighted by atomic mass is 9.96. The molecular weight excluding hydrogens is 388 g/mol. The lowest BCUT2D eigenvalue weighted by Gasteiger charge is -2.36. The van der Waals surface area contributed by atoms with Gasteiger partial charge in [0.1, 0.15) is 11.5 Å². The number of carbonyl (C=O) groups is 1. The van der Waals surface area contributed by atoms with E-state index < -0.39 is 12.1 Å². The summed E-state index contributed by atoms with van der Waals surface area (Å²) >= 11 is 0. The van der Waals surface area contributed by atoms with Crippen molar-refractivity contribution in [3.8, 4) is 0 Å². The van der Waals surface area contributed by atoms with Crippen LogP contribution in [0.25, 0.3) is 0 Å². The predicted octanol–water partition coefficient (Wildman–Crippen LogP) is 2.79. The van der Waals surface area contributed by atoms with Gasteiger partial charge in [0.2, 0.25) is 5.96 Å². The molecule has 0 spiro atoms. The van der Waals surface area contributed by atoms with Crippen LogP contribution in [0.15, 0.2) is 16.5 Å². The number of morpholine rings is 1. The fourth-order valence-electron chi connectivity index (χ4n) is 4.37. The summed E-state index contributed by atoms with van der Waals surface area (Å²) in [5.74, 6) is 2.27. The number of guanidine groups is 1. The Kier molecular flexibility index (Phi) is 6.86. The Balaban J connectivity index is 1.57. The Morgan fingerprint density at radius 3 is 2.37 bits per heavy atom. The molecule has 0 radical (unpaired) electrons. The van der Waals surface area contributed by atoms with Gasteiger partial charge in [-0.3, -0.25) is 5.32 Å². The second-order valence-electron chi connectivity index (χ2n) is 8.19. The fraction of sp³-hybridized carbons (Fsp3) is 0.810. The minimum Gasteiger partial charge on any atom is -0.450 e. The third kappa shape index (κ3) is 5.11. The number of alkyl carbamates (subject to hydrolysis) is 1. The van der Waals surface area contributed by atoms with Gasteiger partial charge in [0.05, 0.1) is 25.9 Å². The molecule has 0 aromatic rings. The van der Waals surface area contributed by atoms with Crippen molar-refractivity contribution >= 4 is 12.1 Å². The SMILES string of the molecule is CCOC(=O)NC1(NC(=NC2CCCCC2)N2CCOCC2)OC2=C(CCCC2)O1. The third-order valence-electron chi connectivity index (χ3n) is 5.91. The van der Waals surface area contributed by atoms with Crippen LogP contribution in [0.3, 0.4) is 0 Å². The van der Waals surface area contributed by atoms with Crippen LogP contribution in [-0.4, -0.2) is 61.9 Å². The molecule has 4 rings (SSSR count). The summed E-state index contributed by atoms with van der Waals surface area (Å²) in [6.07, 6.45) is 8.90. The lowest BCUT2D eigenvalue weighted by molar-refractivity contribution is -0.186. The number of allylic oxidation sites excluding steroid dienone is 2. The summed E-state index contributed by atoms with van der Waals surface area (Å²) in [6.45, 7) is 4.76. The van der Waals surface area contributed by atoms with Crippen LogP contribution in [0.1, 0.15) is 64.7 Å². The van der Waals surface area contributed by atoms with Crippen molar-refractivity contribution in [1.82, 2.24) is 15.5 Å². The molecule has 168 valence electrons. The summed E-state index contributed by atoms with van der Waals surface area (Å²) < 4.78 is 23.0. The first-order valence-corrected chi connectivity index (χ1v) is 11.4. The Hall–Kier alpha value is -2.16. The predicted molar refractivity (Wildman–Crippen MR) is 110 cm³/mol. The zero-order chi connectivity index (χ0) is 20.8. The number of rotatable bonds is 4. The smallest absolute Gasteiger partial charge is 0.436 e. The van der Waals surface area contributed by atoms with Crippen molar-refractivity contribution in [2.75, 3.05) is 32.9 Å². The average Bonchev–Trinajstić information content (AvgIpc) is 3.12. The van der Waals surface area contributed by atoms with Crippen molar-refractivity contribution in [2.24, 2.45) is 4.99 Å².